The molecule has 0 atom stereocenters. The Morgan fingerprint density at radius 3 is 2.63 bits per heavy atom. The van der Waals surface area contributed by atoms with Gasteiger partial charge in [-0.25, -0.2) is 19.9 Å². The number of hydrogen-bond acceptors (Lipinski definition) is 8. The third-order valence-corrected chi connectivity index (χ3v) is 6.27. The van der Waals surface area contributed by atoms with Crippen LogP contribution in [0, 0.1) is 6.92 Å². The van der Waals surface area contributed by atoms with Crippen molar-refractivity contribution < 1.29 is 22.7 Å². The number of anilines is 4. The van der Waals surface area contributed by atoms with Gasteiger partial charge < -0.3 is 20.3 Å². The van der Waals surface area contributed by atoms with Gasteiger partial charge in [-0.1, -0.05) is 17.7 Å². The van der Waals surface area contributed by atoms with Crippen molar-refractivity contribution >= 4 is 51.7 Å². The van der Waals surface area contributed by atoms with Gasteiger partial charge in [-0.3, -0.25) is 4.79 Å². The summed E-state index contributed by atoms with van der Waals surface area (Å²) in [5.74, 6) is 0.359. The third kappa shape index (κ3) is 5.46. The van der Waals surface area contributed by atoms with Crippen molar-refractivity contribution in [3.8, 4) is 0 Å². The molecule has 5 rings (SSSR count). The summed E-state index contributed by atoms with van der Waals surface area (Å²) in [5, 5.41) is 5.26. The largest absolute Gasteiger partial charge is 0.417 e. The summed E-state index contributed by atoms with van der Waals surface area (Å²) in [7, 11) is 0. The van der Waals surface area contributed by atoms with Crippen molar-refractivity contribution in [3.05, 3.63) is 70.6 Å². The molecule has 1 aliphatic rings. The lowest BCUT2D eigenvalue weighted by Crippen LogP contribution is -2.37. The Morgan fingerprint density at radius 1 is 1.08 bits per heavy atom. The quantitative estimate of drug-likeness (QED) is 0.352. The number of alkyl halides is 3. The number of aromatic nitrogens is 4. The normalized spacial score (nSPS) is 14.0. The second-order valence-corrected chi connectivity index (χ2v) is 8.93. The van der Waals surface area contributed by atoms with Crippen LogP contribution < -0.4 is 15.5 Å². The van der Waals surface area contributed by atoms with Gasteiger partial charge in [0.2, 0.25) is 5.95 Å². The first kappa shape index (κ1) is 25.6. The first-order valence-corrected chi connectivity index (χ1v) is 11.9. The maximum atomic E-state index is 13.2. The minimum Gasteiger partial charge on any atom is -0.378 e. The zero-order chi connectivity index (χ0) is 26.9. The summed E-state index contributed by atoms with van der Waals surface area (Å²) in [6, 6.07) is 8.08. The van der Waals surface area contributed by atoms with Crippen molar-refractivity contribution in [1.29, 1.82) is 0 Å². The van der Waals surface area contributed by atoms with Crippen LogP contribution in [0.3, 0.4) is 0 Å². The lowest BCUT2D eigenvalue weighted by molar-refractivity contribution is -0.137. The molecule has 1 amide bonds. The van der Waals surface area contributed by atoms with Crippen LogP contribution in [0.5, 0.6) is 0 Å². The van der Waals surface area contributed by atoms with Gasteiger partial charge in [-0.05, 0) is 42.8 Å². The topological polar surface area (TPSA) is 105 Å². The molecule has 1 aliphatic heterocycles. The van der Waals surface area contributed by atoms with Crippen molar-refractivity contribution in [1.82, 2.24) is 19.9 Å². The van der Waals surface area contributed by atoms with Gasteiger partial charge in [0.05, 0.1) is 30.0 Å². The smallest absolute Gasteiger partial charge is 0.378 e. The molecule has 0 bridgehead atoms. The number of benzene rings is 2. The number of aryl methyl sites for hydroxylation is 1. The second-order valence-electron chi connectivity index (χ2n) is 8.53. The Bertz CT molecular complexity index is 1510. The molecule has 0 spiro atoms. The van der Waals surface area contributed by atoms with E-state index in [4.69, 9.17) is 16.3 Å². The van der Waals surface area contributed by atoms with Gasteiger partial charge >= 0.3 is 6.18 Å². The van der Waals surface area contributed by atoms with Crippen LogP contribution in [0.2, 0.25) is 5.02 Å². The first-order chi connectivity index (χ1) is 18.2. The summed E-state index contributed by atoms with van der Waals surface area (Å²) < 4.78 is 45.0. The summed E-state index contributed by atoms with van der Waals surface area (Å²) in [5.41, 5.74) is 1.57. The molecule has 0 aliphatic carbocycles. The molecule has 13 heteroatoms. The van der Waals surface area contributed by atoms with Gasteiger partial charge in [0.25, 0.3) is 5.91 Å². The fourth-order valence-corrected chi connectivity index (χ4v) is 4.13. The fourth-order valence-electron chi connectivity index (χ4n) is 3.90. The van der Waals surface area contributed by atoms with Gasteiger partial charge in [-0.15, -0.1) is 0 Å². The molecule has 0 saturated carbocycles. The van der Waals surface area contributed by atoms with Crippen LogP contribution >= 0.6 is 11.6 Å². The van der Waals surface area contributed by atoms with E-state index in [1.165, 1.54) is 12.4 Å². The minimum atomic E-state index is -4.65. The van der Waals surface area contributed by atoms with Crippen molar-refractivity contribution in [2.24, 2.45) is 0 Å². The van der Waals surface area contributed by atoms with E-state index in [-0.39, 0.29) is 11.3 Å². The van der Waals surface area contributed by atoms with Gasteiger partial charge in [0.15, 0.2) is 5.82 Å². The number of nitrogens with one attached hydrogen (secondary N) is 2. The monoisotopic (exact) mass is 543 g/mol. The number of hydrogen-bond donors (Lipinski definition) is 2. The van der Waals surface area contributed by atoms with Crippen LogP contribution in [-0.4, -0.2) is 52.1 Å². The maximum Gasteiger partial charge on any atom is 0.417 e. The summed E-state index contributed by atoms with van der Waals surface area (Å²) >= 11 is 5.68. The van der Waals surface area contributed by atoms with Crippen LogP contribution in [0.1, 0.15) is 21.5 Å². The Kier molecular flexibility index (Phi) is 7.00. The van der Waals surface area contributed by atoms with E-state index >= 15 is 0 Å². The molecule has 0 radical (unpaired) electrons. The van der Waals surface area contributed by atoms with E-state index in [0.29, 0.717) is 54.8 Å². The number of rotatable bonds is 5. The third-order valence-electron chi connectivity index (χ3n) is 5.94. The van der Waals surface area contributed by atoms with E-state index in [1.54, 1.807) is 24.4 Å². The van der Waals surface area contributed by atoms with Gasteiger partial charge in [-0.2, -0.15) is 13.2 Å². The van der Waals surface area contributed by atoms with Crippen molar-refractivity contribution in [2.45, 2.75) is 13.1 Å². The van der Waals surface area contributed by atoms with Crippen molar-refractivity contribution in [3.63, 3.8) is 0 Å². The predicted molar refractivity (Wildman–Crippen MR) is 137 cm³/mol. The Balaban J connectivity index is 1.41. The Morgan fingerprint density at radius 2 is 1.87 bits per heavy atom. The summed E-state index contributed by atoms with van der Waals surface area (Å²) in [4.78, 5) is 32.6. The van der Waals surface area contributed by atoms with E-state index in [0.717, 1.165) is 17.7 Å². The first-order valence-electron chi connectivity index (χ1n) is 11.6. The van der Waals surface area contributed by atoms with Crippen molar-refractivity contribution in [2.75, 3.05) is 41.8 Å². The predicted octanol–water partition coefficient (Wildman–Crippen LogP) is 5.23. The molecular formula is C25H21ClF3N7O2. The zero-order valence-corrected chi connectivity index (χ0v) is 20.8. The zero-order valence-electron chi connectivity index (χ0n) is 20.0. The van der Waals surface area contributed by atoms with E-state index < -0.39 is 22.7 Å². The number of halogens is 4. The Hall–Kier alpha value is -4.03. The Labute approximate surface area is 220 Å². The lowest BCUT2D eigenvalue weighted by atomic mass is 10.1. The number of amides is 1. The molecule has 0 unspecified atom stereocenters. The van der Waals surface area contributed by atoms with Crippen LogP contribution in [0.25, 0.3) is 11.0 Å². The number of morpholine rings is 1. The molecular weight excluding hydrogens is 523 g/mol. The highest BCUT2D eigenvalue weighted by Gasteiger charge is 2.33. The molecule has 196 valence electrons. The average Bonchev–Trinajstić information content (AvgIpc) is 2.90. The van der Waals surface area contributed by atoms with Crippen LogP contribution in [0.4, 0.5) is 36.3 Å². The molecule has 38 heavy (non-hydrogen) atoms. The summed E-state index contributed by atoms with van der Waals surface area (Å²) in [6.07, 6.45) is -1.64. The van der Waals surface area contributed by atoms with E-state index in [1.807, 2.05) is 11.8 Å². The van der Waals surface area contributed by atoms with Crippen LogP contribution in [0.15, 0.2) is 48.9 Å². The van der Waals surface area contributed by atoms with E-state index in [9.17, 15) is 18.0 Å². The lowest BCUT2D eigenvalue weighted by Gasteiger charge is -2.26. The number of carbonyl (C=O) groups is 1. The maximum absolute atomic E-state index is 13.2. The summed E-state index contributed by atoms with van der Waals surface area (Å²) in [6.45, 7) is 4.34. The minimum absolute atomic E-state index is 0.0315. The number of fused-ring (bicyclic) bond motifs is 1. The molecule has 1 saturated heterocycles. The second kappa shape index (κ2) is 10.4. The average molecular weight is 544 g/mol. The van der Waals surface area contributed by atoms with Gasteiger partial charge in [0, 0.05) is 30.0 Å². The number of nitrogens with zero attached hydrogens (tertiary/aromatic N) is 5. The molecule has 2 aromatic heterocycles. The molecule has 9 nitrogen and oxygen atoms in total. The van der Waals surface area contributed by atoms with E-state index in [2.05, 4.69) is 30.6 Å². The van der Waals surface area contributed by atoms with Crippen LogP contribution in [-0.2, 0) is 10.9 Å². The highest BCUT2D eigenvalue weighted by molar-refractivity contribution is 6.31. The highest BCUT2D eigenvalue weighted by atomic mass is 35.5. The molecule has 2 aromatic carbocycles. The molecule has 4 aromatic rings. The SMILES string of the molecule is Cc1ccc(C(=O)Nc2ccc(Cl)c(C(F)(F)F)c2)cc1Nc1ncnc2cnc(N3CCOCC3)nc12. The number of ether oxygens (including phenoxy) is 1. The molecule has 3 heterocycles. The van der Waals surface area contributed by atoms with Gasteiger partial charge in [0.1, 0.15) is 17.4 Å². The number of carbonyl (C=O) groups excluding carboxylic acids is 1. The fraction of sp³-hybridized carbons (Fsp3) is 0.240. The molecule has 1 fully saturated rings. The standard InChI is InChI=1S/C25H21ClF3N7O2/c1-14-2-3-15(23(37)33-16-4-5-18(26)17(11-16)25(27,28)29)10-19(14)34-22-21-20(31-13-32-22)12-30-24(35-21)36-6-8-38-9-7-36/h2-5,10-13H,6-9H2,1H3,(H,33,37)(H,31,32,34). The molecule has 2 N–H and O–H groups in total. The highest BCUT2D eigenvalue weighted by Crippen LogP contribution is 2.36.